The van der Waals surface area contributed by atoms with E-state index in [0.29, 0.717) is 12.8 Å². The molecule has 4 nitrogen and oxygen atoms in total. The minimum atomic E-state index is -0.257. The summed E-state index contributed by atoms with van der Waals surface area (Å²) in [5.74, 6) is -0.514. The Balaban J connectivity index is 0. The van der Waals surface area contributed by atoms with Gasteiger partial charge < -0.3 is 0 Å². The molecule has 0 rings (SSSR count). The first-order chi connectivity index (χ1) is 11.4. The molecule has 0 aliphatic rings. The Kier molecular flexibility index (Phi) is 15.0. The first-order valence-electron chi connectivity index (χ1n) is 8.82. The normalized spacial score (nSPS) is 12.2. The van der Waals surface area contributed by atoms with E-state index in [1.165, 1.54) is 0 Å². The van der Waals surface area contributed by atoms with Crippen molar-refractivity contribution < 1.29 is 19.2 Å². The van der Waals surface area contributed by atoms with Gasteiger partial charge in [0.25, 0.3) is 0 Å². The van der Waals surface area contributed by atoms with Crippen LogP contribution >= 0.6 is 0 Å². The zero-order valence-corrected chi connectivity index (χ0v) is 16.0. The Morgan fingerprint density at radius 1 is 0.542 bits per heavy atom. The summed E-state index contributed by atoms with van der Waals surface area (Å²) in [6, 6.07) is 0. The second-order valence-electron chi connectivity index (χ2n) is 5.21. The summed E-state index contributed by atoms with van der Waals surface area (Å²) in [5, 5.41) is 0. The lowest BCUT2D eigenvalue weighted by Crippen LogP contribution is -2.09. The average molecular weight is 336 g/mol. The molecule has 0 saturated carbocycles. The number of hydrogen-bond donors (Lipinski definition) is 0. The molecule has 0 atom stereocenters. The standard InChI is InChI=1S/C14H22O2.C6H10O2/c1-5-11(9-15)13(7-3)14(8-4)12(6-2)10-16;1-3-5(7)6(8)4-2/h9-10H,5-8H2,1-4H3;3-4H2,1-2H3. The Morgan fingerprint density at radius 3 is 0.958 bits per heavy atom. The Hall–Kier alpha value is -1.84. The highest BCUT2D eigenvalue weighted by molar-refractivity contribution is 6.36. The lowest BCUT2D eigenvalue weighted by molar-refractivity contribution is -0.136. The molecule has 0 unspecified atom stereocenters. The molecule has 0 aromatic rings. The van der Waals surface area contributed by atoms with Crippen LogP contribution in [-0.2, 0) is 19.2 Å². The van der Waals surface area contributed by atoms with E-state index in [2.05, 4.69) is 0 Å². The minimum absolute atomic E-state index is 0.257. The molecule has 4 heteroatoms. The van der Waals surface area contributed by atoms with Gasteiger partial charge in [0.2, 0.25) is 0 Å². The van der Waals surface area contributed by atoms with Crippen molar-refractivity contribution in [2.45, 2.75) is 80.1 Å². The lowest BCUT2D eigenvalue weighted by Gasteiger charge is -2.14. The van der Waals surface area contributed by atoms with E-state index in [0.717, 1.165) is 60.5 Å². The number of aldehydes is 2. The number of ketones is 2. The maximum Gasteiger partial charge on any atom is 0.198 e. The first-order valence-corrected chi connectivity index (χ1v) is 8.82. The molecule has 0 aromatic carbocycles. The van der Waals surface area contributed by atoms with E-state index in [1.54, 1.807) is 13.8 Å². The quantitative estimate of drug-likeness (QED) is 0.254. The fraction of sp³-hybridized carbons (Fsp3) is 0.600. The molecule has 0 spiro atoms. The van der Waals surface area contributed by atoms with Crippen molar-refractivity contribution in [3.05, 3.63) is 22.3 Å². The lowest BCUT2D eigenvalue weighted by atomic mass is 9.90. The van der Waals surface area contributed by atoms with E-state index in [1.807, 2.05) is 27.7 Å². The van der Waals surface area contributed by atoms with Crippen LogP contribution in [0.3, 0.4) is 0 Å². The second kappa shape index (κ2) is 14.7. The molecule has 0 aliphatic heterocycles. The maximum atomic E-state index is 11.0. The summed E-state index contributed by atoms with van der Waals surface area (Å²) < 4.78 is 0. The molecule has 0 aliphatic carbocycles. The van der Waals surface area contributed by atoms with E-state index in [-0.39, 0.29) is 11.6 Å². The van der Waals surface area contributed by atoms with E-state index >= 15 is 0 Å². The fourth-order valence-electron chi connectivity index (χ4n) is 2.40. The molecule has 0 radical (unpaired) electrons. The zero-order valence-electron chi connectivity index (χ0n) is 16.0. The molecule has 136 valence electrons. The third-order valence-electron chi connectivity index (χ3n) is 3.85. The van der Waals surface area contributed by atoms with Gasteiger partial charge >= 0.3 is 0 Å². The van der Waals surface area contributed by atoms with Crippen molar-refractivity contribution in [1.82, 2.24) is 0 Å². The molecule has 0 amide bonds. The third kappa shape index (κ3) is 8.14. The van der Waals surface area contributed by atoms with E-state index < -0.39 is 0 Å². The smallest absolute Gasteiger partial charge is 0.198 e. The minimum Gasteiger partial charge on any atom is -0.298 e. The summed E-state index contributed by atoms with van der Waals surface area (Å²) >= 11 is 0. The number of rotatable bonds is 10. The predicted octanol–water partition coefficient (Wildman–Crippen LogP) is 4.56. The molecule has 24 heavy (non-hydrogen) atoms. The summed E-state index contributed by atoms with van der Waals surface area (Å²) in [5.41, 5.74) is 3.77. The highest BCUT2D eigenvalue weighted by Gasteiger charge is 2.11. The Labute approximate surface area is 146 Å². The average Bonchev–Trinajstić information content (AvgIpc) is 2.63. The summed E-state index contributed by atoms with van der Waals surface area (Å²) in [6.45, 7) is 11.4. The van der Waals surface area contributed by atoms with Gasteiger partial charge in [0.05, 0.1) is 0 Å². The molecule has 0 aromatic heterocycles. The number of carbonyl (C=O) groups is 4. The van der Waals surface area contributed by atoms with Crippen LogP contribution < -0.4 is 0 Å². The van der Waals surface area contributed by atoms with Crippen molar-refractivity contribution in [3.63, 3.8) is 0 Å². The topological polar surface area (TPSA) is 68.3 Å². The van der Waals surface area contributed by atoms with Crippen molar-refractivity contribution in [1.29, 1.82) is 0 Å². The van der Waals surface area contributed by atoms with Gasteiger partial charge in [-0.1, -0.05) is 41.5 Å². The van der Waals surface area contributed by atoms with Gasteiger partial charge in [-0.3, -0.25) is 19.2 Å². The van der Waals surface area contributed by atoms with Crippen LogP contribution in [0.15, 0.2) is 22.3 Å². The van der Waals surface area contributed by atoms with Crippen LogP contribution in [0.25, 0.3) is 0 Å². The molecule has 0 heterocycles. The second-order valence-corrected chi connectivity index (χ2v) is 5.21. The number of Topliss-reactive ketones (excluding diaryl/α,β-unsaturated/α-hetero) is 2. The van der Waals surface area contributed by atoms with Gasteiger partial charge in [-0.15, -0.1) is 0 Å². The molecular weight excluding hydrogens is 304 g/mol. The van der Waals surface area contributed by atoms with Crippen LogP contribution in [0.4, 0.5) is 0 Å². The Morgan fingerprint density at radius 2 is 0.833 bits per heavy atom. The van der Waals surface area contributed by atoms with Crippen molar-refractivity contribution in [2.24, 2.45) is 0 Å². The summed E-state index contributed by atoms with van der Waals surface area (Å²) in [6.07, 6.45) is 5.60. The van der Waals surface area contributed by atoms with Crippen molar-refractivity contribution in [3.8, 4) is 0 Å². The van der Waals surface area contributed by atoms with Gasteiger partial charge in [-0.25, -0.2) is 0 Å². The number of hydrogen-bond acceptors (Lipinski definition) is 4. The molecular formula is C20H32O4. The predicted molar refractivity (Wildman–Crippen MR) is 97.9 cm³/mol. The highest BCUT2D eigenvalue weighted by Crippen LogP contribution is 2.26. The van der Waals surface area contributed by atoms with Crippen LogP contribution in [0.1, 0.15) is 80.1 Å². The summed E-state index contributed by atoms with van der Waals surface area (Å²) in [4.78, 5) is 42.8. The van der Waals surface area contributed by atoms with Crippen LogP contribution in [0, 0.1) is 0 Å². The highest BCUT2D eigenvalue weighted by atomic mass is 16.2. The van der Waals surface area contributed by atoms with Crippen LogP contribution in [0.2, 0.25) is 0 Å². The number of carbonyl (C=O) groups excluding carboxylic acids is 4. The molecule has 0 saturated heterocycles. The van der Waals surface area contributed by atoms with Crippen molar-refractivity contribution >= 4 is 24.1 Å². The van der Waals surface area contributed by atoms with Crippen molar-refractivity contribution in [2.75, 3.05) is 0 Å². The van der Waals surface area contributed by atoms with Gasteiger partial charge in [0, 0.05) is 12.8 Å². The maximum absolute atomic E-state index is 11.0. The third-order valence-corrected chi connectivity index (χ3v) is 3.85. The monoisotopic (exact) mass is 336 g/mol. The van der Waals surface area contributed by atoms with Gasteiger partial charge in [-0.05, 0) is 48.0 Å². The molecule has 0 fully saturated rings. The Bertz CT molecular complexity index is 450. The molecule has 0 N–H and O–H groups in total. The SMILES string of the molecule is CCC(=O)C(=O)CC.CCC(C=O)=C(CC)C(CC)=C(C=O)CC. The van der Waals surface area contributed by atoms with Gasteiger partial charge in [0.15, 0.2) is 11.6 Å². The van der Waals surface area contributed by atoms with Crippen LogP contribution in [-0.4, -0.2) is 24.1 Å². The van der Waals surface area contributed by atoms with E-state index in [4.69, 9.17) is 0 Å². The fourth-order valence-corrected chi connectivity index (χ4v) is 2.40. The largest absolute Gasteiger partial charge is 0.298 e. The first kappa shape index (κ1) is 24.4. The van der Waals surface area contributed by atoms with Gasteiger partial charge in [0.1, 0.15) is 12.6 Å². The summed E-state index contributed by atoms with van der Waals surface area (Å²) in [7, 11) is 0. The van der Waals surface area contributed by atoms with Gasteiger partial charge in [-0.2, -0.15) is 0 Å². The van der Waals surface area contributed by atoms with Crippen LogP contribution in [0.5, 0.6) is 0 Å². The van der Waals surface area contributed by atoms with E-state index in [9.17, 15) is 19.2 Å². The molecule has 0 bridgehead atoms. The number of allylic oxidation sites excluding steroid dienone is 4. The zero-order chi connectivity index (χ0) is 19.1.